The first-order valence-corrected chi connectivity index (χ1v) is 10.4. The molecule has 1 fully saturated rings. The molecule has 1 aliphatic rings. The summed E-state index contributed by atoms with van der Waals surface area (Å²) in [5.74, 6) is 3.05. The molecule has 1 aromatic carbocycles. The highest BCUT2D eigenvalue weighted by molar-refractivity contribution is 5.80. The third-order valence-corrected chi connectivity index (χ3v) is 5.01. The summed E-state index contributed by atoms with van der Waals surface area (Å²) < 4.78 is 5.77. The molecular weight excluding hydrogens is 336 g/mol. The van der Waals surface area contributed by atoms with Crippen molar-refractivity contribution >= 4 is 5.96 Å². The molecule has 0 aromatic heterocycles. The second-order valence-electron chi connectivity index (χ2n) is 8.05. The number of aliphatic imine (C=N–C) groups is 1. The molecule has 0 radical (unpaired) electrons. The fourth-order valence-electron chi connectivity index (χ4n) is 3.44. The lowest BCUT2D eigenvalue weighted by Crippen LogP contribution is -2.41. The average molecular weight is 375 g/mol. The number of ether oxygens (including phenoxy) is 1. The maximum Gasteiger partial charge on any atom is 0.191 e. The molecule has 152 valence electrons. The minimum atomic E-state index is 0.190. The first kappa shape index (κ1) is 21.5. The molecule has 1 saturated heterocycles. The van der Waals surface area contributed by atoms with Gasteiger partial charge in [-0.2, -0.15) is 0 Å². The standard InChI is InChI=1S/C22H38N4O/c1-6-12-26-13-11-19(15-26)14-24-22(23-5)25-18(4)20-7-9-21(10-8-20)27-16-17(2)3/h7-10,17-19H,6,11-16H2,1-5H3,(H2,23,24,25). The summed E-state index contributed by atoms with van der Waals surface area (Å²) in [4.78, 5) is 6.96. The number of benzene rings is 1. The summed E-state index contributed by atoms with van der Waals surface area (Å²) >= 11 is 0. The summed E-state index contributed by atoms with van der Waals surface area (Å²) in [5, 5.41) is 7.00. The number of nitrogens with zero attached hydrogens (tertiary/aromatic N) is 2. The van der Waals surface area contributed by atoms with E-state index in [9.17, 15) is 0 Å². The van der Waals surface area contributed by atoms with Crippen LogP contribution in [0.3, 0.4) is 0 Å². The minimum Gasteiger partial charge on any atom is -0.493 e. The van der Waals surface area contributed by atoms with Crippen LogP contribution in [0.4, 0.5) is 0 Å². The predicted molar refractivity (Wildman–Crippen MR) is 115 cm³/mol. The van der Waals surface area contributed by atoms with Crippen molar-refractivity contribution < 1.29 is 4.74 Å². The van der Waals surface area contributed by atoms with Crippen LogP contribution in [0.15, 0.2) is 29.3 Å². The zero-order valence-electron chi connectivity index (χ0n) is 17.8. The fraction of sp³-hybridized carbons (Fsp3) is 0.682. The van der Waals surface area contributed by atoms with Crippen LogP contribution < -0.4 is 15.4 Å². The third-order valence-electron chi connectivity index (χ3n) is 5.01. The summed E-state index contributed by atoms with van der Waals surface area (Å²) in [6.45, 7) is 14.1. The second kappa shape index (κ2) is 11.2. The van der Waals surface area contributed by atoms with Crippen molar-refractivity contribution in [1.82, 2.24) is 15.5 Å². The lowest BCUT2D eigenvalue weighted by atomic mass is 10.1. The number of likely N-dealkylation sites (tertiary alicyclic amines) is 1. The van der Waals surface area contributed by atoms with Crippen molar-refractivity contribution in [2.75, 3.05) is 39.8 Å². The van der Waals surface area contributed by atoms with E-state index < -0.39 is 0 Å². The van der Waals surface area contributed by atoms with Crippen LogP contribution >= 0.6 is 0 Å². The molecule has 27 heavy (non-hydrogen) atoms. The molecule has 1 heterocycles. The Kier molecular flexibility index (Phi) is 8.92. The van der Waals surface area contributed by atoms with Gasteiger partial charge in [-0.05, 0) is 62.4 Å². The number of guanidine groups is 1. The molecule has 2 N–H and O–H groups in total. The van der Waals surface area contributed by atoms with Gasteiger partial charge in [-0.3, -0.25) is 4.99 Å². The van der Waals surface area contributed by atoms with Crippen LogP contribution in [0.25, 0.3) is 0 Å². The number of rotatable bonds is 9. The molecule has 1 aromatic rings. The van der Waals surface area contributed by atoms with Crippen molar-refractivity contribution in [2.45, 2.75) is 46.6 Å². The van der Waals surface area contributed by atoms with Crippen LogP contribution in [0.1, 0.15) is 52.1 Å². The van der Waals surface area contributed by atoms with Crippen molar-refractivity contribution in [1.29, 1.82) is 0 Å². The van der Waals surface area contributed by atoms with E-state index in [1.807, 2.05) is 19.2 Å². The number of hydrogen-bond acceptors (Lipinski definition) is 3. The maximum atomic E-state index is 5.77. The molecule has 0 bridgehead atoms. The molecule has 1 aliphatic heterocycles. The zero-order chi connectivity index (χ0) is 19.6. The van der Waals surface area contributed by atoms with Crippen molar-refractivity contribution in [2.24, 2.45) is 16.8 Å². The Morgan fingerprint density at radius 1 is 1.26 bits per heavy atom. The normalized spacial score (nSPS) is 19.3. The highest BCUT2D eigenvalue weighted by Crippen LogP contribution is 2.18. The Labute approximate surface area is 165 Å². The SMILES string of the molecule is CCCN1CCC(CNC(=NC)NC(C)c2ccc(OCC(C)C)cc2)C1. The van der Waals surface area contributed by atoms with Crippen molar-refractivity contribution in [3.8, 4) is 5.75 Å². The van der Waals surface area contributed by atoms with Gasteiger partial charge in [0.05, 0.1) is 12.6 Å². The van der Waals surface area contributed by atoms with E-state index in [0.29, 0.717) is 11.8 Å². The molecule has 2 atom stereocenters. The minimum absolute atomic E-state index is 0.190. The van der Waals surface area contributed by atoms with Gasteiger partial charge in [0.2, 0.25) is 0 Å². The highest BCUT2D eigenvalue weighted by atomic mass is 16.5. The molecule has 2 rings (SSSR count). The molecule has 0 saturated carbocycles. The molecular formula is C22H38N4O. The number of hydrogen-bond donors (Lipinski definition) is 2. The van der Waals surface area contributed by atoms with Gasteiger partial charge >= 0.3 is 0 Å². The second-order valence-corrected chi connectivity index (χ2v) is 8.05. The van der Waals surface area contributed by atoms with E-state index in [1.165, 1.54) is 38.0 Å². The Morgan fingerprint density at radius 3 is 2.63 bits per heavy atom. The van der Waals surface area contributed by atoms with Crippen molar-refractivity contribution in [3.63, 3.8) is 0 Å². The van der Waals surface area contributed by atoms with E-state index in [1.54, 1.807) is 0 Å². The molecule has 5 heteroatoms. The fourth-order valence-corrected chi connectivity index (χ4v) is 3.44. The summed E-state index contributed by atoms with van der Waals surface area (Å²) in [6, 6.07) is 8.54. The third kappa shape index (κ3) is 7.41. The Hall–Kier alpha value is -1.75. The van der Waals surface area contributed by atoms with Gasteiger partial charge < -0.3 is 20.3 Å². The van der Waals surface area contributed by atoms with E-state index in [2.05, 4.69) is 60.4 Å². The van der Waals surface area contributed by atoms with E-state index >= 15 is 0 Å². The van der Waals surface area contributed by atoms with Crippen LogP contribution in [0, 0.1) is 11.8 Å². The van der Waals surface area contributed by atoms with Crippen LogP contribution in [-0.2, 0) is 0 Å². The van der Waals surface area contributed by atoms with Gasteiger partial charge in [0.25, 0.3) is 0 Å². The van der Waals surface area contributed by atoms with Crippen molar-refractivity contribution in [3.05, 3.63) is 29.8 Å². The summed E-state index contributed by atoms with van der Waals surface area (Å²) in [6.07, 6.45) is 2.51. The van der Waals surface area contributed by atoms with Crippen LogP contribution in [-0.4, -0.2) is 50.7 Å². The molecule has 0 aliphatic carbocycles. The lowest BCUT2D eigenvalue weighted by Gasteiger charge is -2.20. The quantitative estimate of drug-likeness (QED) is 0.511. The molecule has 0 amide bonds. The monoisotopic (exact) mass is 374 g/mol. The number of nitrogens with one attached hydrogen (secondary N) is 2. The van der Waals surface area contributed by atoms with Crippen LogP contribution in [0.2, 0.25) is 0 Å². The van der Waals surface area contributed by atoms with E-state index in [4.69, 9.17) is 4.74 Å². The van der Waals surface area contributed by atoms with Gasteiger partial charge in [-0.25, -0.2) is 0 Å². The zero-order valence-corrected chi connectivity index (χ0v) is 17.8. The van der Waals surface area contributed by atoms with E-state index in [-0.39, 0.29) is 6.04 Å². The summed E-state index contributed by atoms with van der Waals surface area (Å²) in [7, 11) is 1.84. The van der Waals surface area contributed by atoms with E-state index in [0.717, 1.165) is 24.9 Å². The first-order valence-electron chi connectivity index (χ1n) is 10.4. The van der Waals surface area contributed by atoms with Gasteiger partial charge in [-0.15, -0.1) is 0 Å². The smallest absolute Gasteiger partial charge is 0.191 e. The summed E-state index contributed by atoms with van der Waals surface area (Å²) in [5.41, 5.74) is 1.23. The van der Waals surface area contributed by atoms with Gasteiger partial charge in [0.1, 0.15) is 5.75 Å². The van der Waals surface area contributed by atoms with Gasteiger partial charge in [0.15, 0.2) is 5.96 Å². The Balaban J connectivity index is 1.78. The largest absolute Gasteiger partial charge is 0.493 e. The van der Waals surface area contributed by atoms with Crippen LogP contribution in [0.5, 0.6) is 5.75 Å². The topological polar surface area (TPSA) is 48.9 Å². The maximum absolute atomic E-state index is 5.77. The Bertz CT molecular complexity index is 570. The average Bonchev–Trinajstić information content (AvgIpc) is 3.11. The highest BCUT2D eigenvalue weighted by Gasteiger charge is 2.21. The first-order chi connectivity index (χ1) is 13.0. The molecule has 0 spiro atoms. The Morgan fingerprint density at radius 2 is 2.00 bits per heavy atom. The van der Waals surface area contributed by atoms with Gasteiger partial charge in [-0.1, -0.05) is 32.9 Å². The predicted octanol–water partition coefficient (Wildman–Crippen LogP) is 3.68. The van der Waals surface area contributed by atoms with Gasteiger partial charge in [0, 0.05) is 20.1 Å². The molecule has 2 unspecified atom stereocenters. The lowest BCUT2D eigenvalue weighted by molar-refractivity contribution is 0.271. The molecule has 5 nitrogen and oxygen atoms in total.